The number of halogens is 2. The first-order chi connectivity index (χ1) is 15.2. The zero-order valence-electron chi connectivity index (χ0n) is 18.8. The summed E-state index contributed by atoms with van der Waals surface area (Å²) in [6.07, 6.45) is 0.309. The Hall–Kier alpha value is -3.16. The number of hydrogen-bond acceptors (Lipinski definition) is 4. The van der Waals surface area contributed by atoms with Gasteiger partial charge in [-0.15, -0.1) is 0 Å². The molecule has 0 saturated carbocycles. The lowest BCUT2D eigenvalue weighted by Gasteiger charge is -2.25. The number of hydrogen-bond donors (Lipinski definition) is 1. The highest BCUT2D eigenvalue weighted by molar-refractivity contribution is 5.88. The van der Waals surface area contributed by atoms with Crippen LogP contribution in [0.3, 0.4) is 0 Å². The third-order valence-corrected chi connectivity index (χ3v) is 4.60. The molecule has 2 aromatic rings. The zero-order chi connectivity index (χ0) is 23.7. The first-order valence-corrected chi connectivity index (χ1v) is 10.5. The number of nitrogens with zero attached hydrogens (tertiary/aromatic N) is 1. The Morgan fingerprint density at radius 2 is 1.75 bits per heavy atom. The predicted molar refractivity (Wildman–Crippen MR) is 117 cm³/mol. The van der Waals surface area contributed by atoms with Gasteiger partial charge < -0.3 is 19.7 Å². The van der Waals surface area contributed by atoms with E-state index < -0.39 is 12.7 Å². The van der Waals surface area contributed by atoms with Gasteiger partial charge in [0.1, 0.15) is 6.04 Å². The zero-order valence-corrected chi connectivity index (χ0v) is 18.8. The Labute approximate surface area is 187 Å². The van der Waals surface area contributed by atoms with Crippen LogP contribution >= 0.6 is 0 Å². The maximum absolute atomic E-state index is 13.2. The summed E-state index contributed by atoms with van der Waals surface area (Å²) in [6.45, 7) is 3.10. The molecule has 0 saturated heterocycles. The van der Waals surface area contributed by atoms with E-state index in [-0.39, 0.29) is 42.4 Å². The normalized spacial score (nSPS) is 11.9. The van der Waals surface area contributed by atoms with Gasteiger partial charge in [-0.2, -0.15) is 8.78 Å². The molecule has 6 nitrogen and oxygen atoms in total. The number of alkyl halides is 2. The molecule has 2 aromatic carbocycles. The van der Waals surface area contributed by atoms with E-state index in [1.807, 2.05) is 19.9 Å². The highest BCUT2D eigenvalue weighted by atomic mass is 19.3. The number of carbonyl (C=O) groups excluding carboxylic acids is 2. The maximum Gasteiger partial charge on any atom is 0.387 e. The molecular formula is C24H30F2N2O4. The molecule has 1 unspecified atom stereocenters. The van der Waals surface area contributed by atoms with E-state index >= 15 is 0 Å². The van der Waals surface area contributed by atoms with Crippen LogP contribution in [0.15, 0.2) is 48.5 Å². The summed E-state index contributed by atoms with van der Waals surface area (Å²) < 4.78 is 35.1. The highest BCUT2D eigenvalue weighted by Crippen LogP contribution is 2.30. The maximum atomic E-state index is 13.2. The minimum Gasteiger partial charge on any atom is -0.490 e. The largest absolute Gasteiger partial charge is 0.490 e. The Bertz CT molecular complexity index is 891. The summed E-state index contributed by atoms with van der Waals surface area (Å²) in [6, 6.07) is 12.7. The molecule has 0 fully saturated rings. The average Bonchev–Trinajstić information content (AvgIpc) is 2.73. The van der Waals surface area contributed by atoms with Crippen LogP contribution in [-0.4, -0.2) is 37.0 Å². The molecule has 2 amide bonds. The fourth-order valence-corrected chi connectivity index (χ4v) is 3.21. The Balaban J connectivity index is 2.21. The standard InChI is InChI=1S/C24H30F2N2O4/c1-5-31-20-14-17(11-12-19(20)32-24(25)26)15-28(4)23(30)22(18-9-7-6-8-10-18)27-21(29)13-16(2)3/h6-12,14,16,22,24H,5,13,15H2,1-4H3,(H,27,29). The molecule has 0 spiro atoms. The first kappa shape index (κ1) is 25.1. The molecule has 2 rings (SSSR count). The lowest BCUT2D eigenvalue weighted by Crippen LogP contribution is -2.41. The molecule has 0 bridgehead atoms. The van der Waals surface area contributed by atoms with Crippen LogP contribution in [-0.2, 0) is 16.1 Å². The molecule has 0 aromatic heterocycles. The van der Waals surface area contributed by atoms with Crippen molar-refractivity contribution in [1.29, 1.82) is 0 Å². The topological polar surface area (TPSA) is 67.9 Å². The van der Waals surface area contributed by atoms with Gasteiger partial charge in [-0.05, 0) is 36.1 Å². The van der Waals surface area contributed by atoms with Crippen molar-refractivity contribution in [3.8, 4) is 11.5 Å². The van der Waals surface area contributed by atoms with E-state index in [0.29, 0.717) is 17.5 Å². The number of rotatable bonds is 11. The van der Waals surface area contributed by atoms with Gasteiger partial charge in [0.05, 0.1) is 6.61 Å². The number of amides is 2. The van der Waals surface area contributed by atoms with Crippen molar-refractivity contribution in [3.63, 3.8) is 0 Å². The Morgan fingerprint density at radius 1 is 1.06 bits per heavy atom. The summed E-state index contributed by atoms with van der Waals surface area (Å²) in [5.74, 6) is -0.231. The van der Waals surface area contributed by atoms with Crippen molar-refractivity contribution < 1.29 is 27.8 Å². The predicted octanol–water partition coefficient (Wildman–Crippen LogP) is 4.55. The monoisotopic (exact) mass is 448 g/mol. The van der Waals surface area contributed by atoms with E-state index in [1.165, 1.54) is 11.0 Å². The van der Waals surface area contributed by atoms with Crippen molar-refractivity contribution in [2.75, 3.05) is 13.7 Å². The number of nitrogens with one attached hydrogen (secondary N) is 1. The van der Waals surface area contributed by atoms with Crippen LogP contribution in [0.4, 0.5) is 8.78 Å². The number of likely N-dealkylation sites (N-methyl/N-ethyl adjacent to an activating group) is 1. The second-order valence-corrected chi connectivity index (χ2v) is 7.80. The van der Waals surface area contributed by atoms with Gasteiger partial charge in [0.2, 0.25) is 11.8 Å². The van der Waals surface area contributed by atoms with Crippen molar-refractivity contribution >= 4 is 11.8 Å². The Morgan fingerprint density at radius 3 is 2.34 bits per heavy atom. The third-order valence-electron chi connectivity index (χ3n) is 4.60. The molecule has 8 heteroatoms. The quantitative estimate of drug-likeness (QED) is 0.548. The van der Waals surface area contributed by atoms with Crippen molar-refractivity contribution in [2.24, 2.45) is 5.92 Å². The smallest absolute Gasteiger partial charge is 0.387 e. The molecule has 174 valence electrons. The number of carbonyl (C=O) groups is 2. The molecular weight excluding hydrogens is 418 g/mol. The van der Waals surface area contributed by atoms with Crippen molar-refractivity contribution in [3.05, 3.63) is 59.7 Å². The highest BCUT2D eigenvalue weighted by Gasteiger charge is 2.26. The Kier molecular flexibility index (Phi) is 9.43. The molecule has 1 N–H and O–H groups in total. The first-order valence-electron chi connectivity index (χ1n) is 10.5. The van der Waals surface area contributed by atoms with Crippen LogP contribution in [0.1, 0.15) is 44.4 Å². The van der Waals surface area contributed by atoms with Crippen LogP contribution in [0.2, 0.25) is 0 Å². The van der Waals surface area contributed by atoms with Gasteiger partial charge in [-0.1, -0.05) is 50.2 Å². The fourth-order valence-electron chi connectivity index (χ4n) is 3.21. The molecule has 0 aliphatic carbocycles. The average molecular weight is 449 g/mol. The van der Waals surface area contributed by atoms with E-state index in [2.05, 4.69) is 10.1 Å². The summed E-state index contributed by atoms with van der Waals surface area (Å²) in [7, 11) is 1.62. The van der Waals surface area contributed by atoms with Crippen LogP contribution in [0, 0.1) is 5.92 Å². The van der Waals surface area contributed by atoms with Gasteiger partial charge in [0.25, 0.3) is 0 Å². The minimum atomic E-state index is -2.97. The summed E-state index contributed by atoms with van der Waals surface area (Å²) >= 11 is 0. The summed E-state index contributed by atoms with van der Waals surface area (Å²) in [5.41, 5.74) is 1.35. The van der Waals surface area contributed by atoms with Gasteiger partial charge in [0, 0.05) is 20.0 Å². The van der Waals surface area contributed by atoms with Crippen molar-refractivity contribution in [1.82, 2.24) is 10.2 Å². The number of benzene rings is 2. The third kappa shape index (κ3) is 7.51. The van der Waals surface area contributed by atoms with Gasteiger partial charge in [-0.3, -0.25) is 9.59 Å². The SMILES string of the molecule is CCOc1cc(CN(C)C(=O)C(NC(=O)CC(C)C)c2ccccc2)ccc1OC(F)F. The molecule has 32 heavy (non-hydrogen) atoms. The molecule has 1 atom stereocenters. The molecule has 0 aliphatic heterocycles. The molecule has 0 radical (unpaired) electrons. The van der Waals surface area contributed by atoms with Crippen molar-refractivity contribution in [2.45, 2.75) is 46.4 Å². The fraction of sp³-hybridized carbons (Fsp3) is 0.417. The minimum absolute atomic E-state index is 0.0670. The van der Waals surface area contributed by atoms with Gasteiger partial charge in [0.15, 0.2) is 11.5 Å². The second-order valence-electron chi connectivity index (χ2n) is 7.80. The number of ether oxygens (including phenoxy) is 2. The van der Waals surface area contributed by atoms with E-state index in [1.54, 1.807) is 50.4 Å². The van der Waals surface area contributed by atoms with E-state index in [9.17, 15) is 18.4 Å². The lowest BCUT2D eigenvalue weighted by atomic mass is 10.0. The van der Waals surface area contributed by atoms with E-state index in [0.717, 1.165) is 0 Å². The second kappa shape index (κ2) is 12.0. The van der Waals surface area contributed by atoms with E-state index in [4.69, 9.17) is 4.74 Å². The van der Waals surface area contributed by atoms with Gasteiger partial charge in [-0.25, -0.2) is 0 Å². The molecule has 0 aliphatic rings. The van der Waals surface area contributed by atoms with Crippen LogP contribution in [0.5, 0.6) is 11.5 Å². The summed E-state index contributed by atoms with van der Waals surface area (Å²) in [5, 5.41) is 2.84. The van der Waals surface area contributed by atoms with Crippen LogP contribution < -0.4 is 14.8 Å². The summed E-state index contributed by atoms with van der Waals surface area (Å²) in [4.78, 5) is 27.1. The van der Waals surface area contributed by atoms with Gasteiger partial charge >= 0.3 is 6.61 Å². The lowest BCUT2D eigenvalue weighted by molar-refractivity contribution is -0.136. The molecule has 0 heterocycles. The van der Waals surface area contributed by atoms with Crippen LogP contribution in [0.25, 0.3) is 0 Å².